The molecule has 2 saturated heterocycles. The summed E-state index contributed by atoms with van der Waals surface area (Å²) in [6.45, 7) is 6.55. The lowest BCUT2D eigenvalue weighted by Crippen LogP contribution is -2.26. The molecule has 24 heavy (non-hydrogen) atoms. The van der Waals surface area contributed by atoms with Gasteiger partial charge in [-0.15, -0.1) is 0 Å². The molecule has 1 atom stereocenters. The molecule has 4 heteroatoms. The standard InChI is InChI=1S/C20H26N4/c1-16-21-11-10-18(22-16)20-9-6-14-24(20)15-17-7-2-3-8-19(17)23-12-4-5-13-23/h2-3,7-8,10-11,20H,4-6,9,12-15H2,1H3/t20-/m1/s1. The summed E-state index contributed by atoms with van der Waals surface area (Å²) in [6, 6.07) is 11.5. The Labute approximate surface area is 144 Å². The molecule has 1 aromatic carbocycles. The summed E-state index contributed by atoms with van der Waals surface area (Å²) in [5.41, 5.74) is 4.07. The van der Waals surface area contributed by atoms with E-state index in [-0.39, 0.29) is 0 Å². The number of hydrogen-bond acceptors (Lipinski definition) is 4. The number of benzene rings is 1. The number of aryl methyl sites for hydroxylation is 1. The largest absolute Gasteiger partial charge is 0.371 e. The second-order valence-electron chi connectivity index (χ2n) is 6.98. The average Bonchev–Trinajstić information content (AvgIpc) is 3.27. The molecule has 0 saturated carbocycles. The van der Waals surface area contributed by atoms with Crippen LogP contribution >= 0.6 is 0 Å². The van der Waals surface area contributed by atoms with Gasteiger partial charge in [0.1, 0.15) is 5.82 Å². The van der Waals surface area contributed by atoms with Crippen molar-refractivity contribution < 1.29 is 0 Å². The highest BCUT2D eigenvalue weighted by Crippen LogP contribution is 2.34. The van der Waals surface area contributed by atoms with Crippen molar-refractivity contribution in [1.29, 1.82) is 0 Å². The van der Waals surface area contributed by atoms with Gasteiger partial charge < -0.3 is 4.90 Å². The predicted octanol–water partition coefficient (Wildman–Crippen LogP) is 3.72. The lowest BCUT2D eigenvalue weighted by molar-refractivity contribution is 0.244. The summed E-state index contributed by atoms with van der Waals surface area (Å²) in [4.78, 5) is 14.1. The predicted molar refractivity (Wildman–Crippen MR) is 97.0 cm³/mol. The van der Waals surface area contributed by atoms with E-state index in [0.29, 0.717) is 6.04 Å². The molecule has 0 amide bonds. The van der Waals surface area contributed by atoms with Crippen molar-refractivity contribution in [1.82, 2.24) is 14.9 Å². The van der Waals surface area contributed by atoms with Crippen molar-refractivity contribution >= 4 is 5.69 Å². The van der Waals surface area contributed by atoms with Gasteiger partial charge in [0.05, 0.1) is 11.7 Å². The summed E-state index contributed by atoms with van der Waals surface area (Å²) in [5.74, 6) is 0.872. The molecule has 0 spiro atoms. The Morgan fingerprint density at radius 2 is 1.88 bits per heavy atom. The molecule has 4 nitrogen and oxygen atoms in total. The van der Waals surface area contributed by atoms with E-state index in [1.807, 2.05) is 13.1 Å². The van der Waals surface area contributed by atoms with Crippen LogP contribution < -0.4 is 4.90 Å². The molecule has 126 valence electrons. The van der Waals surface area contributed by atoms with Crippen LogP contribution in [0.1, 0.15) is 48.8 Å². The maximum absolute atomic E-state index is 4.68. The number of aromatic nitrogens is 2. The van der Waals surface area contributed by atoms with E-state index in [4.69, 9.17) is 0 Å². The van der Waals surface area contributed by atoms with Gasteiger partial charge in [-0.2, -0.15) is 0 Å². The SMILES string of the molecule is Cc1nccc([C@H]2CCCN2Cc2ccccc2N2CCCC2)n1. The van der Waals surface area contributed by atoms with Crippen LogP contribution in [0.5, 0.6) is 0 Å². The molecule has 0 bridgehead atoms. The summed E-state index contributed by atoms with van der Waals surface area (Å²) < 4.78 is 0. The highest BCUT2D eigenvalue weighted by Gasteiger charge is 2.28. The highest BCUT2D eigenvalue weighted by molar-refractivity contribution is 5.54. The van der Waals surface area contributed by atoms with E-state index in [9.17, 15) is 0 Å². The fraction of sp³-hybridized carbons (Fsp3) is 0.500. The minimum Gasteiger partial charge on any atom is -0.371 e. The first-order valence-electron chi connectivity index (χ1n) is 9.18. The van der Waals surface area contributed by atoms with Crippen LogP contribution in [0.2, 0.25) is 0 Å². The molecule has 2 aliphatic rings. The minimum absolute atomic E-state index is 0.429. The van der Waals surface area contributed by atoms with Crippen molar-refractivity contribution in [3.63, 3.8) is 0 Å². The van der Waals surface area contributed by atoms with Gasteiger partial charge in [0.25, 0.3) is 0 Å². The van der Waals surface area contributed by atoms with Crippen molar-refractivity contribution in [2.45, 2.75) is 45.2 Å². The number of para-hydroxylation sites is 1. The lowest BCUT2D eigenvalue weighted by Gasteiger charge is -2.27. The van der Waals surface area contributed by atoms with Crippen LogP contribution in [0.15, 0.2) is 36.5 Å². The van der Waals surface area contributed by atoms with Gasteiger partial charge in [0.15, 0.2) is 0 Å². The Morgan fingerprint density at radius 1 is 1.04 bits per heavy atom. The first-order valence-corrected chi connectivity index (χ1v) is 9.18. The van der Waals surface area contributed by atoms with Crippen LogP contribution in [-0.4, -0.2) is 34.5 Å². The van der Waals surface area contributed by atoms with Crippen LogP contribution in [0, 0.1) is 6.92 Å². The third-order valence-corrected chi connectivity index (χ3v) is 5.31. The van der Waals surface area contributed by atoms with Gasteiger partial charge >= 0.3 is 0 Å². The molecule has 2 aliphatic heterocycles. The zero-order valence-electron chi connectivity index (χ0n) is 14.5. The fourth-order valence-corrected chi connectivity index (χ4v) is 4.14. The number of likely N-dealkylation sites (tertiary alicyclic amines) is 1. The molecule has 3 heterocycles. The van der Waals surface area contributed by atoms with Gasteiger partial charge in [-0.1, -0.05) is 18.2 Å². The summed E-state index contributed by atoms with van der Waals surface area (Å²) >= 11 is 0. The molecule has 0 aliphatic carbocycles. The van der Waals surface area contributed by atoms with Crippen LogP contribution in [0.4, 0.5) is 5.69 Å². The van der Waals surface area contributed by atoms with Crippen molar-refractivity contribution in [2.75, 3.05) is 24.5 Å². The zero-order chi connectivity index (χ0) is 16.4. The van der Waals surface area contributed by atoms with Crippen LogP contribution in [0.3, 0.4) is 0 Å². The quantitative estimate of drug-likeness (QED) is 0.859. The van der Waals surface area contributed by atoms with Gasteiger partial charge in [-0.05, 0) is 56.8 Å². The second kappa shape index (κ2) is 6.89. The van der Waals surface area contributed by atoms with E-state index in [1.54, 1.807) is 0 Å². The van der Waals surface area contributed by atoms with E-state index >= 15 is 0 Å². The van der Waals surface area contributed by atoms with Crippen LogP contribution in [0.25, 0.3) is 0 Å². The molecule has 0 unspecified atom stereocenters. The first kappa shape index (κ1) is 15.6. The first-order chi connectivity index (χ1) is 11.8. The smallest absolute Gasteiger partial charge is 0.125 e. The van der Waals surface area contributed by atoms with Gasteiger partial charge in [-0.25, -0.2) is 9.97 Å². The number of anilines is 1. The highest BCUT2D eigenvalue weighted by atomic mass is 15.2. The number of rotatable bonds is 4. The monoisotopic (exact) mass is 322 g/mol. The Morgan fingerprint density at radius 3 is 2.71 bits per heavy atom. The third-order valence-electron chi connectivity index (χ3n) is 5.31. The van der Waals surface area contributed by atoms with Gasteiger partial charge in [0, 0.05) is 31.5 Å². The van der Waals surface area contributed by atoms with Gasteiger partial charge in [-0.3, -0.25) is 4.90 Å². The Kier molecular flexibility index (Phi) is 4.48. The summed E-state index contributed by atoms with van der Waals surface area (Å²) in [7, 11) is 0. The topological polar surface area (TPSA) is 32.3 Å². The molecular formula is C20H26N4. The second-order valence-corrected chi connectivity index (χ2v) is 6.98. The van der Waals surface area contributed by atoms with E-state index < -0.39 is 0 Å². The minimum atomic E-state index is 0.429. The average molecular weight is 322 g/mol. The fourth-order valence-electron chi connectivity index (χ4n) is 4.14. The molecule has 1 aromatic heterocycles. The Hall–Kier alpha value is -1.94. The van der Waals surface area contributed by atoms with Crippen molar-refractivity contribution in [3.05, 3.63) is 53.6 Å². The molecule has 4 rings (SSSR count). The molecule has 2 aromatic rings. The maximum atomic E-state index is 4.68. The zero-order valence-corrected chi connectivity index (χ0v) is 14.5. The Balaban J connectivity index is 1.56. The summed E-state index contributed by atoms with van der Waals surface area (Å²) in [5, 5.41) is 0. The van der Waals surface area contributed by atoms with E-state index in [1.165, 1.54) is 55.7 Å². The van der Waals surface area contributed by atoms with Crippen molar-refractivity contribution in [2.24, 2.45) is 0 Å². The molecule has 2 fully saturated rings. The maximum Gasteiger partial charge on any atom is 0.125 e. The molecular weight excluding hydrogens is 296 g/mol. The van der Waals surface area contributed by atoms with E-state index in [2.05, 4.69) is 50.1 Å². The normalized spacial score (nSPS) is 21.5. The molecule has 0 N–H and O–H groups in total. The third kappa shape index (κ3) is 3.16. The number of nitrogens with zero attached hydrogens (tertiary/aromatic N) is 4. The summed E-state index contributed by atoms with van der Waals surface area (Å²) in [6.07, 6.45) is 6.98. The molecule has 0 radical (unpaired) electrons. The van der Waals surface area contributed by atoms with Crippen LogP contribution in [-0.2, 0) is 6.54 Å². The van der Waals surface area contributed by atoms with E-state index in [0.717, 1.165) is 18.9 Å². The lowest BCUT2D eigenvalue weighted by atomic mass is 10.1. The van der Waals surface area contributed by atoms with Crippen molar-refractivity contribution in [3.8, 4) is 0 Å². The van der Waals surface area contributed by atoms with Gasteiger partial charge in [0.2, 0.25) is 0 Å². The Bertz CT molecular complexity index is 694. The number of hydrogen-bond donors (Lipinski definition) is 0.